The molecule has 26 heavy (non-hydrogen) atoms. The summed E-state index contributed by atoms with van der Waals surface area (Å²) in [6.07, 6.45) is 0. The van der Waals surface area contributed by atoms with Gasteiger partial charge >= 0.3 is 0 Å². The Morgan fingerprint density at radius 3 is 1.35 bits per heavy atom. The van der Waals surface area contributed by atoms with Crippen LogP contribution in [0.3, 0.4) is 0 Å². The lowest BCUT2D eigenvalue weighted by molar-refractivity contribution is 0.122. The van der Waals surface area contributed by atoms with Gasteiger partial charge in [-0.05, 0) is 47.5 Å². The Balaban J connectivity index is 1.68. The number of ether oxygens (including phenoxy) is 2. The summed E-state index contributed by atoms with van der Waals surface area (Å²) in [5.41, 5.74) is 2.97. The van der Waals surface area contributed by atoms with Crippen molar-refractivity contribution in [2.24, 2.45) is 0 Å². The smallest absolute Gasteiger partial charge is 0.125 e. The predicted molar refractivity (Wildman–Crippen MR) is 97.9 cm³/mol. The van der Waals surface area contributed by atoms with Crippen molar-refractivity contribution in [2.45, 2.75) is 0 Å². The van der Waals surface area contributed by atoms with E-state index in [2.05, 4.69) is 9.80 Å². The number of rotatable bonds is 3. The lowest BCUT2D eigenvalue weighted by Crippen LogP contribution is -2.36. The van der Waals surface area contributed by atoms with Crippen molar-refractivity contribution in [1.29, 1.82) is 0 Å². The van der Waals surface area contributed by atoms with E-state index >= 15 is 0 Å². The van der Waals surface area contributed by atoms with Crippen molar-refractivity contribution < 1.29 is 18.3 Å². The molecular formula is C20H22F2N2O2. The molecule has 0 radical (unpaired) electrons. The minimum atomic E-state index is -0.318. The maximum absolute atomic E-state index is 14.2. The lowest BCUT2D eigenvalue weighted by atomic mass is 10.0. The molecule has 2 aromatic carbocycles. The standard InChI is InChI=1S/C20H22F2N2O2/c21-17-9-15(11-19(13-17)23-1-5-25-6-2-23)16-10-18(22)14-20(12-16)24-3-7-26-8-4-24/h9-14H,1-8H2. The highest BCUT2D eigenvalue weighted by molar-refractivity contribution is 5.72. The first-order valence-corrected chi connectivity index (χ1v) is 8.96. The average molecular weight is 360 g/mol. The molecule has 0 bridgehead atoms. The van der Waals surface area contributed by atoms with Crippen LogP contribution in [0.2, 0.25) is 0 Å². The van der Waals surface area contributed by atoms with Gasteiger partial charge in [0.05, 0.1) is 26.4 Å². The zero-order chi connectivity index (χ0) is 17.9. The van der Waals surface area contributed by atoms with E-state index in [-0.39, 0.29) is 11.6 Å². The fourth-order valence-electron chi connectivity index (χ4n) is 3.49. The van der Waals surface area contributed by atoms with Gasteiger partial charge in [-0.2, -0.15) is 0 Å². The van der Waals surface area contributed by atoms with Gasteiger partial charge in [0.2, 0.25) is 0 Å². The van der Waals surface area contributed by atoms with Gasteiger partial charge in [0.15, 0.2) is 0 Å². The van der Waals surface area contributed by atoms with Gasteiger partial charge in [-0.15, -0.1) is 0 Å². The number of halogens is 2. The summed E-state index contributed by atoms with van der Waals surface area (Å²) < 4.78 is 39.2. The topological polar surface area (TPSA) is 24.9 Å². The molecule has 2 fully saturated rings. The van der Waals surface area contributed by atoms with E-state index in [9.17, 15) is 8.78 Å². The second kappa shape index (κ2) is 7.60. The monoisotopic (exact) mass is 360 g/mol. The number of anilines is 2. The first-order chi connectivity index (χ1) is 12.7. The second-order valence-corrected chi connectivity index (χ2v) is 6.60. The summed E-state index contributed by atoms with van der Waals surface area (Å²) in [4.78, 5) is 4.19. The van der Waals surface area contributed by atoms with Crippen LogP contribution in [0.5, 0.6) is 0 Å². The lowest BCUT2D eigenvalue weighted by Gasteiger charge is -2.30. The summed E-state index contributed by atoms with van der Waals surface area (Å²) in [5.74, 6) is -0.637. The van der Waals surface area contributed by atoms with Crippen LogP contribution in [0.15, 0.2) is 36.4 Å². The van der Waals surface area contributed by atoms with Gasteiger partial charge in [-0.25, -0.2) is 8.78 Å². The molecule has 4 rings (SSSR count). The first kappa shape index (κ1) is 17.2. The fraction of sp³-hybridized carbons (Fsp3) is 0.400. The average Bonchev–Trinajstić information content (AvgIpc) is 2.68. The van der Waals surface area contributed by atoms with Gasteiger partial charge in [0.25, 0.3) is 0 Å². The van der Waals surface area contributed by atoms with Crippen LogP contribution in [0.25, 0.3) is 11.1 Å². The molecule has 0 N–H and O–H groups in total. The Hall–Kier alpha value is -2.18. The highest BCUT2D eigenvalue weighted by Crippen LogP contribution is 2.31. The van der Waals surface area contributed by atoms with Crippen molar-refractivity contribution in [2.75, 3.05) is 62.4 Å². The molecule has 0 unspecified atom stereocenters. The molecule has 2 aliphatic heterocycles. The molecule has 4 nitrogen and oxygen atoms in total. The zero-order valence-corrected chi connectivity index (χ0v) is 14.6. The third-order valence-electron chi connectivity index (χ3n) is 4.85. The summed E-state index contributed by atoms with van der Waals surface area (Å²) in [5, 5.41) is 0. The predicted octanol–water partition coefficient (Wildman–Crippen LogP) is 3.31. The molecule has 2 aliphatic rings. The van der Waals surface area contributed by atoms with Crippen LogP contribution >= 0.6 is 0 Å². The van der Waals surface area contributed by atoms with Crippen molar-refractivity contribution in [3.8, 4) is 11.1 Å². The van der Waals surface area contributed by atoms with Crippen LogP contribution < -0.4 is 9.80 Å². The molecule has 138 valence electrons. The number of benzene rings is 2. The SMILES string of the molecule is Fc1cc(-c2cc(F)cc(N3CCOCC3)c2)cc(N2CCOCC2)c1. The van der Waals surface area contributed by atoms with Gasteiger partial charge < -0.3 is 19.3 Å². The van der Waals surface area contributed by atoms with E-state index < -0.39 is 0 Å². The number of hydrogen-bond acceptors (Lipinski definition) is 4. The number of nitrogens with zero attached hydrogens (tertiary/aromatic N) is 2. The van der Waals surface area contributed by atoms with Crippen LogP contribution in [0, 0.1) is 11.6 Å². The van der Waals surface area contributed by atoms with Gasteiger partial charge in [-0.3, -0.25) is 0 Å². The Morgan fingerprint density at radius 2 is 0.962 bits per heavy atom. The largest absolute Gasteiger partial charge is 0.378 e. The first-order valence-electron chi connectivity index (χ1n) is 8.96. The maximum Gasteiger partial charge on any atom is 0.125 e. The molecule has 0 amide bonds. The van der Waals surface area contributed by atoms with Gasteiger partial charge in [0.1, 0.15) is 11.6 Å². The molecular weight excluding hydrogens is 338 g/mol. The second-order valence-electron chi connectivity index (χ2n) is 6.60. The van der Waals surface area contributed by atoms with E-state index in [1.807, 2.05) is 12.1 Å². The van der Waals surface area contributed by atoms with Crippen molar-refractivity contribution >= 4 is 11.4 Å². The van der Waals surface area contributed by atoms with E-state index in [1.165, 1.54) is 24.3 Å². The van der Waals surface area contributed by atoms with E-state index in [4.69, 9.17) is 9.47 Å². The zero-order valence-electron chi connectivity index (χ0n) is 14.6. The molecule has 0 aromatic heterocycles. The molecule has 2 aromatic rings. The van der Waals surface area contributed by atoms with Crippen LogP contribution in [0.4, 0.5) is 20.2 Å². The Labute approximate surface area is 151 Å². The summed E-state index contributed by atoms with van der Waals surface area (Å²) in [7, 11) is 0. The minimum absolute atomic E-state index is 0.318. The molecule has 2 heterocycles. The minimum Gasteiger partial charge on any atom is -0.378 e. The van der Waals surface area contributed by atoms with E-state index in [1.54, 1.807) is 0 Å². The quantitative estimate of drug-likeness (QED) is 0.839. The summed E-state index contributed by atoms with van der Waals surface area (Å²) >= 11 is 0. The highest BCUT2D eigenvalue weighted by Gasteiger charge is 2.16. The molecule has 0 spiro atoms. The number of morpholine rings is 2. The normalized spacial score (nSPS) is 18.2. The number of hydrogen-bond donors (Lipinski definition) is 0. The molecule has 0 atom stereocenters. The van der Waals surface area contributed by atoms with Crippen molar-refractivity contribution in [3.05, 3.63) is 48.0 Å². The Morgan fingerprint density at radius 1 is 0.577 bits per heavy atom. The van der Waals surface area contributed by atoms with Crippen LogP contribution in [0.1, 0.15) is 0 Å². The third kappa shape index (κ3) is 3.81. The Bertz CT molecular complexity index is 707. The molecule has 6 heteroatoms. The highest BCUT2D eigenvalue weighted by atomic mass is 19.1. The van der Waals surface area contributed by atoms with E-state index in [0.29, 0.717) is 37.6 Å². The van der Waals surface area contributed by atoms with Crippen LogP contribution in [-0.2, 0) is 9.47 Å². The van der Waals surface area contributed by atoms with Crippen LogP contribution in [-0.4, -0.2) is 52.6 Å². The molecule has 0 saturated carbocycles. The molecule has 0 aliphatic carbocycles. The Kier molecular flexibility index (Phi) is 5.04. The summed E-state index contributed by atoms with van der Waals surface area (Å²) in [6.45, 7) is 5.44. The third-order valence-corrected chi connectivity index (χ3v) is 4.85. The maximum atomic E-state index is 14.2. The fourth-order valence-corrected chi connectivity index (χ4v) is 3.49. The van der Waals surface area contributed by atoms with E-state index in [0.717, 1.165) is 37.6 Å². The van der Waals surface area contributed by atoms with Gasteiger partial charge in [0, 0.05) is 37.6 Å². The van der Waals surface area contributed by atoms with Crippen molar-refractivity contribution in [1.82, 2.24) is 0 Å². The van der Waals surface area contributed by atoms with Crippen molar-refractivity contribution in [3.63, 3.8) is 0 Å². The molecule has 2 saturated heterocycles. The summed E-state index contributed by atoms with van der Waals surface area (Å²) in [6, 6.07) is 9.82. The van der Waals surface area contributed by atoms with Gasteiger partial charge in [-0.1, -0.05) is 0 Å².